The van der Waals surface area contributed by atoms with E-state index < -0.39 is 12.8 Å². The van der Waals surface area contributed by atoms with Gasteiger partial charge < -0.3 is 14.5 Å². The summed E-state index contributed by atoms with van der Waals surface area (Å²) in [6.45, 7) is -1.51. The fraction of sp³-hybridized carbons (Fsp3) is 0.200. The van der Waals surface area contributed by atoms with E-state index in [0.717, 1.165) is 5.56 Å². The molecule has 7 nitrogen and oxygen atoms in total. The molecule has 0 bridgehead atoms. The summed E-state index contributed by atoms with van der Waals surface area (Å²) in [4.78, 5) is 12.1. The molecular formula is C20H15F3N4O3. The number of hydrogen-bond acceptors (Lipinski definition) is 6. The summed E-state index contributed by atoms with van der Waals surface area (Å²) >= 11 is 0. The van der Waals surface area contributed by atoms with Gasteiger partial charge in [-0.05, 0) is 30.3 Å². The number of halogens is 3. The van der Waals surface area contributed by atoms with E-state index in [2.05, 4.69) is 20.3 Å². The highest BCUT2D eigenvalue weighted by Crippen LogP contribution is 2.25. The number of aromatic nitrogens is 2. The number of nitriles is 1. The number of rotatable bonds is 7. The fourth-order valence-electron chi connectivity index (χ4n) is 2.48. The SMILES string of the molecule is N#Cc1cc(NC(=O)CCc2nnc(-c3ccccc3)o2)ccc1OCC(F)(F)F. The molecule has 3 rings (SSSR count). The number of carbonyl (C=O) groups is 1. The average Bonchev–Trinajstić information content (AvgIpc) is 3.20. The molecule has 0 saturated heterocycles. The number of ether oxygens (including phenoxy) is 1. The van der Waals surface area contributed by atoms with Gasteiger partial charge in [-0.3, -0.25) is 4.79 Å². The van der Waals surface area contributed by atoms with Gasteiger partial charge in [-0.1, -0.05) is 18.2 Å². The largest absolute Gasteiger partial charge is 0.483 e. The van der Waals surface area contributed by atoms with Gasteiger partial charge in [0.25, 0.3) is 0 Å². The summed E-state index contributed by atoms with van der Waals surface area (Å²) in [5.74, 6) is 0.0335. The molecule has 0 aliphatic heterocycles. The van der Waals surface area contributed by atoms with Gasteiger partial charge in [0.05, 0.1) is 5.56 Å². The third-order valence-corrected chi connectivity index (χ3v) is 3.83. The predicted octanol–water partition coefficient (Wildman–Crippen LogP) is 4.12. The number of carbonyl (C=O) groups excluding carboxylic acids is 1. The van der Waals surface area contributed by atoms with Crippen molar-refractivity contribution in [2.24, 2.45) is 0 Å². The average molecular weight is 416 g/mol. The van der Waals surface area contributed by atoms with Crippen LogP contribution in [-0.2, 0) is 11.2 Å². The Bertz CT molecular complexity index is 1060. The van der Waals surface area contributed by atoms with E-state index in [1.807, 2.05) is 30.3 Å². The first-order valence-corrected chi connectivity index (χ1v) is 8.75. The Morgan fingerprint density at radius 2 is 1.93 bits per heavy atom. The van der Waals surface area contributed by atoms with E-state index in [-0.39, 0.29) is 41.6 Å². The molecule has 0 spiro atoms. The molecule has 0 fully saturated rings. The highest BCUT2D eigenvalue weighted by Gasteiger charge is 2.28. The minimum Gasteiger partial charge on any atom is -0.483 e. The minimum absolute atomic E-state index is 0.0324. The number of aryl methyl sites for hydroxylation is 1. The molecule has 3 aromatic rings. The Morgan fingerprint density at radius 3 is 2.63 bits per heavy atom. The van der Waals surface area contributed by atoms with Crippen molar-refractivity contribution in [2.45, 2.75) is 19.0 Å². The Balaban J connectivity index is 1.56. The summed E-state index contributed by atoms with van der Waals surface area (Å²) in [6, 6.07) is 14.7. The van der Waals surface area contributed by atoms with Crippen LogP contribution in [0.5, 0.6) is 5.75 Å². The number of benzene rings is 2. The van der Waals surface area contributed by atoms with Gasteiger partial charge in [0.2, 0.25) is 17.7 Å². The summed E-state index contributed by atoms with van der Waals surface area (Å²) in [5.41, 5.74) is 0.894. The normalized spacial score (nSPS) is 11.0. The first-order valence-electron chi connectivity index (χ1n) is 8.75. The van der Waals surface area contributed by atoms with Crippen LogP contribution in [0.2, 0.25) is 0 Å². The molecule has 10 heteroatoms. The predicted molar refractivity (Wildman–Crippen MR) is 99.4 cm³/mol. The van der Waals surface area contributed by atoms with Crippen molar-refractivity contribution in [3.63, 3.8) is 0 Å². The van der Waals surface area contributed by atoms with Gasteiger partial charge in [0.1, 0.15) is 11.8 Å². The second kappa shape index (κ2) is 9.09. The molecule has 0 aliphatic rings. The maximum Gasteiger partial charge on any atom is 0.422 e. The van der Waals surface area contributed by atoms with Gasteiger partial charge in [-0.2, -0.15) is 18.4 Å². The molecule has 0 unspecified atom stereocenters. The zero-order valence-electron chi connectivity index (χ0n) is 15.4. The number of nitrogens with one attached hydrogen (secondary N) is 1. The van der Waals surface area contributed by atoms with Gasteiger partial charge >= 0.3 is 6.18 Å². The van der Waals surface area contributed by atoms with E-state index in [4.69, 9.17) is 9.68 Å². The molecule has 2 aromatic carbocycles. The first kappa shape index (κ1) is 20.9. The van der Waals surface area contributed by atoms with Crippen molar-refractivity contribution < 1.29 is 27.1 Å². The van der Waals surface area contributed by atoms with Gasteiger partial charge in [-0.15, -0.1) is 10.2 Å². The zero-order chi connectivity index (χ0) is 21.6. The van der Waals surface area contributed by atoms with Gasteiger partial charge in [0, 0.05) is 24.1 Å². The maximum atomic E-state index is 12.3. The van der Waals surface area contributed by atoms with Crippen molar-refractivity contribution in [1.82, 2.24) is 10.2 Å². The van der Waals surface area contributed by atoms with Crippen LogP contribution in [0.1, 0.15) is 17.9 Å². The van der Waals surface area contributed by atoms with E-state index in [0.29, 0.717) is 5.89 Å². The first-order chi connectivity index (χ1) is 14.3. The lowest BCUT2D eigenvalue weighted by atomic mass is 10.2. The molecule has 0 aliphatic carbocycles. The lowest BCUT2D eigenvalue weighted by Crippen LogP contribution is -2.19. The number of nitrogens with zero attached hydrogens (tertiary/aromatic N) is 3. The van der Waals surface area contributed by atoms with Crippen LogP contribution >= 0.6 is 0 Å². The number of anilines is 1. The lowest BCUT2D eigenvalue weighted by molar-refractivity contribution is -0.153. The summed E-state index contributed by atoms with van der Waals surface area (Å²) < 4.78 is 46.9. The number of alkyl halides is 3. The molecule has 154 valence electrons. The number of hydrogen-bond donors (Lipinski definition) is 1. The van der Waals surface area contributed by atoms with Crippen molar-refractivity contribution in [1.29, 1.82) is 5.26 Å². The molecule has 1 heterocycles. The second-order valence-electron chi connectivity index (χ2n) is 6.14. The standard InChI is InChI=1S/C20H15F3N4O3/c21-20(22,23)12-29-16-7-6-15(10-14(16)11-24)25-17(28)8-9-18-26-27-19(30-18)13-4-2-1-3-5-13/h1-7,10H,8-9,12H2,(H,25,28). The Hall–Kier alpha value is -3.87. The highest BCUT2D eigenvalue weighted by atomic mass is 19.4. The third-order valence-electron chi connectivity index (χ3n) is 3.83. The molecule has 0 atom stereocenters. The Labute approximate surface area is 169 Å². The van der Waals surface area contributed by atoms with Crippen LogP contribution in [0.25, 0.3) is 11.5 Å². The fourth-order valence-corrected chi connectivity index (χ4v) is 2.48. The van der Waals surface area contributed by atoms with Crippen LogP contribution in [0.3, 0.4) is 0 Å². The summed E-state index contributed by atoms with van der Waals surface area (Å²) in [5, 5.41) is 19.5. The smallest absolute Gasteiger partial charge is 0.422 e. The molecule has 0 radical (unpaired) electrons. The molecule has 1 amide bonds. The molecule has 0 saturated carbocycles. The molecule has 1 N–H and O–H groups in total. The topological polar surface area (TPSA) is 101 Å². The van der Waals surface area contributed by atoms with E-state index >= 15 is 0 Å². The Kier molecular flexibility index (Phi) is 6.32. The third kappa shape index (κ3) is 5.81. The van der Waals surface area contributed by atoms with Crippen molar-refractivity contribution in [3.05, 3.63) is 60.0 Å². The van der Waals surface area contributed by atoms with Gasteiger partial charge in [-0.25, -0.2) is 0 Å². The molecule has 1 aromatic heterocycles. The van der Waals surface area contributed by atoms with E-state index in [1.54, 1.807) is 6.07 Å². The summed E-state index contributed by atoms with van der Waals surface area (Å²) in [6.07, 6.45) is -4.29. The van der Waals surface area contributed by atoms with Crippen LogP contribution in [0.4, 0.5) is 18.9 Å². The summed E-state index contributed by atoms with van der Waals surface area (Å²) in [7, 11) is 0. The highest BCUT2D eigenvalue weighted by molar-refractivity contribution is 5.91. The van der Waals surface area contributed by atoms with Crippen LogP contribution in [-0.4, -0.2) is 28.9 Å². The van der Waals surface area contributed by atoms with Crippen molar-refractivity contribution in [2.75, 3.05) is 11.9 Å². The second-order valence-corrected chi connectivity index (χ2v) is 6.14. The van der Waals surface area contributed by atoms with E-state index in [1.165, 1.54) is 18.2 Å². The number of amides is 1. The Morgan fingerprint density at radius 1 is 1.17 bits per heavy atom. The van der Waals surface area contributed by atoms with Crippen molar-refractivity contribution >= 4 is 11.6 Å². The maximum absolute atomic E-state index is 12.3. The van der Waals surface area contributed by atoms with Crippen LogP contribution in [0, 0.1) is 11.3 Å². The van der Waals surface area contributed by atoms with E-state index in [9.17, 15) is 18.0 Å². The molecular weight excluding hydrogens is 401 g/mol. The molecule has 30 heavy (non-hydrogen) atoms. The van der Waals surface area contributed by atoms with Crippen LogP contribution < -0.4 is 10.1 Å². The van der Waals surface area contributed by atoms with Crippen LogP contribution in [0.15, 0.2) is 52.9 Å². The van der Waals surface area contributed by atoms with Gasteiger partial charge in [0.15, 0.2) is 6.61 Å². The lowest BCUT2D eigenvalue weighted by Gasteiger charge is -2.11. The quantitative estimate of drug-likeness (QED) is 0.622. The van der Waals surface area contributed by atoms with Crippen molar-refractivity contribution in [3.8, 4) is 23.3 Å². The monoisotopic (exact) mass is 416 g/mol. The zero-order valence-corrected chi connectivity index (χ0v) is 15.4. The minimum atomic E-state index is -4.52.